The number of allylic oxidation sites excluding steroid dienone is 1. The van der Waals surface area contributed by atoms with Gasteiger partial charge in [0.25, 0.3) is 5.95 Å². The second kappa shape index (κ2) is 8.05. The van der Waals surface area contributed by atoms with E-state index in [0.29, 0.717) is 11.0 Å². The van der Waals surface area contributed by atoms with Crippen molar-refractivity contribution in [3.05, 3.63) is 76.8 Å². The Morgan fingerprint density at radius 2 is 1.86 bits per heavy atom. The van der Waals surface area contributed by atoms with Gasteiger partial charge in [-0.15, -0.1) is 0 Å². The third kappa shape index (κ3) is 4.00. The molecule has 1 atom stereocenters. The molecule has 2 heterocycles. The largest absolute Gasteiger partial charge is 0.352 e. The molecule has 3 aromatic rings. The van der Waals surface area contributed by atoms with Crippen LogP contribution in [0.1, 0.15) is 31.0 Å². The first-order valence-corrected chi connectivity index (χ1v) is 9.78. The number of nitrogens with one attached hydrogen (secondary N) is 1. The van der Waals surface area contributed by atoms with Crippen molar-refractivity contribution in [2.45, 2.75) is 25.9 Å². The van der Waals surface area contributed by atoms with Gasteiger partial charge in [0.05, 0.1) is 5.70 Å². The summed E-state index contributed by atoms with van der Waals surface area (Å²) in [7, 11) is 0. The molecule has 1 amide bonds. The van der Waals surface area contributed by atoms with E-state index in [0.717, 1.165) is 16.8 Å². The fourth-order valence-corrected chi connectivity index (χ4v) is 3.52. The van der Waals surface area contributed by atoms with E-state index in [1.165, 1.54) is 0 Å². The van der Waals surface area contributed by atoms with Crippen LogP contribution in [0.25, 0.3) is 5.70 Å². The number of fused-ring (bicyclic) bond motifs is 1. The summed E-state index contributed by atoms with van der Waals surface area (Å²) in [6, 6.07) is 17.4. The molecule has 8 heteroatoms. The molecule has 148 valence electrons. The number of carbonyl (C=O) groups excluding carboxylic acids is 1. The van der Waals surface area contributed by atoms with E-state index in [-0.39, 0.29) is 24.5 Å². The van der Waals surface area contributed by atoms with Crippen molar-refractivity contribution in [2.75, 3.05) is 11.4 Å². The highest BCUT2D eigenvalue weighted by atomic mass is 35.5. The van der Waals surface area contributed by atoms with Gasteiger partial charge in [0.1, 0.15) is 12.6 Å². The number of tetrazole rings is 1. The lowest BCUT2D eigenvalue weighted by Gasteiger charge is -2.32. The van der Waals surface area contributed by atoms with Gasteiger partial charge in [-0.25, -0.2) is 0 Å². The molecule has 1 aliphatic heterocycles. The monoisotopic (exact) mass is 408 g/mol. The molecule has 0 spiro atoms. The van der Waals surface area contributed by atoms with Crippen molar-refractivity contribution in [2.24, 2.45) is 0 Å². The predicted octanol–water partition coefficient (Wildman–Crippen LogP) is 3.30. The Balaban J connectivity index is 1.80. The van der Waals surface area contributed by atoms with Crippen LogP contribution in [0.4, 0.5) is 5.95 Å². The molecule has 29 heavy (non-hydrogen) atoms. The molecule has 0 fully saturated rings. The smallest absolute Gasteiger partial charge is 0.251 e. The first kappa shape index (κ1) is 19.1. The van der Waals surface area contributed by atoms with Crippen molar-refractivity contribution >= 4 is 29.2 Å². The Labute approximate surface area is 174 Å². The van der Waals surface area contributed by atoms with Crippen LogP contribution >= 0.6 is 11.6 Å². The van der Waals surface area contributed by atoms with Gasteiger partial charge in [-0.2, -0.15) is 4.68 Å². The van der Waals surface area contributed by atoms with Crippen LogP contribution in [0.2, 0.25) is 5.02 Å². The van der Waals surface area contributed by atoms with Crippen LogP contribution < -0.4 is 10.2 Å². The minimum absolute atomic E-state index is 0.0447. The maximum absolute atomic E-state index is 12.6. The van der Waals surface area contributed by atoms with E-state index in [4.69, 9.17) is 11.6 Å². The summed E-state index contributed by atoms with van der Waals surface area (Å²) >= 11 is 6.08. The molecule has 1 aliphatic rings. The SMILES string of the molecule is CC(C)NC(=O)CN1C(c2ccc(Cl)cc2)=C[C@@H](c2ccccc2)n2nnnc21. The minimum atomic E-state index is -0.184. The quantitative estimate of drug-likeness (QED) is 0.701. The third-order valence-electron chi connectivity index (χ3n) is 4.62. The molecule has 0 saturated heterocycles. The number of hydrogen-bond acceptors (Lipinski definition) is 5. The third-order valence-corrected chi connectivity index (χ3v) is 4.87. The van der Waals surface area contributed by atoms with Gasteiger partial charge >= 0.3 is 0 Å². The van der Waals surface area contributed by atoms with Crippen LogP contribution in [-0.4, -0.2) is 38.7 Å². The van der Waals surface area contributed by atoms with Crippen LogP contribution in [0.15, 0.2) is 60.7 Å². The molecule has 1 N–H and O–H groups in total. The molecule has 0 radical (unpaired) electrons. The molecule has 0 bridgehead atoms. The zero-order valence-electron chi connectivity index (χ0n) is 16.2. The Bertz CT molecular complexity index is 1030. The second-order valence-electron chi connectivity index (χ2n) is 7.15. The number of carbonyl (C=O) groups is 1. The van der Waals surface area contributed by atoms with Crippen molar-refractivity contribution in [3.63, 3.8) is 0 Å². The Kier molecular flexibility index (Phi) is 5.31. The molecule has 0 saturated carbocycles. The number of hydrogen-bond donors (Lipinski definition) is 1. The zero-order valence-corrected chi connectivity index (χ0v) is 16.9. The number of benzene rings is 2. The fourth-order valence-electron chi connectivity index (χ4n) is 3.39. The summed E-state index contributed by atoms with van der Waals surface area (Å²) in [5, 5.41) is 15.9. The molecule has 0 unspecified atom stereocenters. The highest BCUT2D eigenvalue weighted by Crippen LogP contribution is 2.36. The molecule has 7 nitrogen and oxygen atoms in total. The fraction of sp³-hybridized carbons (Fsp3) is 0.238. The van der Waals surface area contributed by atoms with Crippen LogP contribution in [0.5, 0.6) is 0 Å². The summed E-state index contributed by atoms with van der Waals surface area (Å²) in [5.74, 6) is 0.415. The van der Waals surface area contributed by atoms with Gasteiger partial charge in [0.15, 0.2) is 0 Å². The number of amides is 1. The van der Waals surface area contributed by atoms with Crippen molar-refractivity contribution in [1.29, 1.82) is 0 Å². The van der Waals surface area contributed by atoms with Gasteiger partial charge in [-0.05, 0) is 53.6 Å². The Morgan fingerprint density at radius 1 is 1.14 bits per heavy atom. The van der Waals surface area contributed by atoms with Crippen molar-refractivity contribution in [3.8, 4) is 0 Å². The number of nitrogens with zero attached hydrogens (tertiary/aromatic N) is 5. The number of rotatable bonds is 5. The van der Waals surface area contributed by atoms with E-state index >= 15 is 0 Å². The average Bonchev–Trinajstić information content (AvgIpc) is 3.19. The Hall–Kier alpha value is -3.19. The molecular weight excluding hydrogens is 388 g/mol. The van der Waals surface area contributed by atoms with Gasteiger partial charge in [0, 0.05) is 11.1 Å². The highest BCUT2D eigenvalue weighted by Gasteiger charge is 2.31. The van der Waals surface area contributed by atoms with Crippen molar-refractivity contribution < 1.29 is 4.79 Å². The van der Waals surface area contributed by atoms with E-state index in [2.05, 4.69) is 26.9 Å². The van der Waals surface area contributed by atoms with Crippen molar-refractivity contribution in [1.82, 2.24) is 25.5 Å². The summed E-state index contributed by atoms with van der Waals surface area (Å²) in [6.07, 6.45) is 2.07. The number of anilines is 1. The standard InChI is InChI=1S/C21H21ClN6O/c1-14(2)23-20(29)13-27-18(16-8-10-17(22)11-9-16)12-19(15-6-4-3-5-7-15)28-21(27)24-25-26-28/h3-12,14,19H,13H2,1-2H3,(H,23,29)/t19-/m0/s1. The second-order valence-corrected chi connectivity index (χ2v) is 7.58. The lowest BCUT2D eigenvalue weighted by molar-refractivity contribution is -0.120. The molecular formula is C21H21ClN6O. The van der Waals surface area contributed by atoms with Crippen LogP contribution in [0.3, 0.4) is 0 Å². The van der Waals surface area contributed by atoms with Gasteiger partial charge < -0.3 is 5.32 Å². The number of aromatic nitrogens is 4. The predicted molar refractivity (Wildman–Crippen MR) is 112 cm³/mol. The van der Waals surface area contributed by atoms with Gasteiger partial charge in [-0.3, -0.25) is 9.69 Å². The first-order chi connectivity index (χ1) is 14.0. The zero-order chi connectivity index (χ0) is 20.4. The first-order valence-electron chi connectivity index (χ1n) is 9.40. The van der Waals surface area contributed by atoms with E-state index in [1.54, 1.807) is 4.68 Å². The molecule has 4 rings (SSSR count). The highest BCUT2D eigenvalue weighted by molar-refractivity contribution is 6.30. The summed E-state index contributed by atoms with van der Waals surface area (Å²) in [5.41, 5.74) is 2.84. The lowest BCUT2D eigenvalue weighted by atomic mass is 10.0. The Morgan fingerprint density at radius 3 is 2.55 bits per heavy atom. The maximum Gasteiger partial charge on any atom is 0.251 e. The maximum atomic E-state index is 12.6. The summed E-state index contributed by atoms with van der Waals surface area (Å²) < 4.78 is 1.73. The van der Waals surface area contributed by atoms with Crippen LogP contribution in [-0.2, 0) is 4.79 Å². The molecule has 2 aromatic carbocycles. The van der Waals surface area contributed by atoms with Gasteiger partial charge in [-0.1, -0.05) is 59.2 Å². The average molecular weight is 409 g/mol. The summed E-state index contributed by atoms with van der Waals surface area (Å²) in [6.45, 7) is 3.97. The molecule has 0 aliphatic carbocycles. The summed E-state index contributed by atoms with van der Waals surface area (Å²) in [4.78, 5) is 14.4. The lowest BCUT2D eigenvalue weighted by Crippen LogP contribution is -2.42. The van der Waals surface area contributed by atoms with Gasteiger partial charge in [0.2, 0.25) is 5.91 Å². The molecule has 1 aromatic heterocycles. The van der Waals surface area contributed by atoms with E-state index < -0.39 is 0 Å². The number of halogens is 1. The van der Waals surface area contributed by atoms with Crippen LogP contribution in [0, 0.1) is 0 Å². The normalized spacial score (nSPS) is 15.8. The minimum Gasteiger partial charge on any atom is -0.352 e. The topological polar surface area (TPSA) is 75.9 Å². The van der Waals surface area contributed by atoms with E-state index in [9.17, 15) is 4.79 Å². The van der Waals surface area contributed by atoms with E-state index in [1.807, 2.05) is 73.3 Å².